The number of halogens is 1. The lowest BCUT2D eigenvalue weighted by atomic mass is 10.4. The Labute approximate surface area is 86.9 Å². The van der Waals surface area contributed by atoms with Crippen LogP contribution in [0.2, 0.25) is 0 Å². The van der Waals surface area contributed by atoms with Crippen molar-refractivity contribution >= 4 is 5.97 Å². The van der Waals surface area contributed by atoms with E-state index in [1.807, 2.05) is 27.8 Å². The first-order chi connectivity index (χ1) is 5.75. The Balaban J connectivity index is 0.000000845. The number of hydrogen-bond donors (Lipinski definition) is 0. The smallest absolute Gasteiger partial charge is 0.303 e. The minimum absolute atomic E-state index is 0. The molecule has 2 rings (SSSR count). The maximum absolute atomic E-state index is 10.6. The number of aromatic nitrogens is 2. The van der Waals surface area contributed by atoms with Crippen LogP contribution < -0.4 is 21.7 Å². The predicted molar refractivity (Wildman–Crippen MR) is 40.2 cm³/mol. The van der Waals surface area contributed by atoms with E-state index in [0.29, 0.717) is 0 Å². The van der Waals surface area contributed by atoms with E-state index in [1.165, 1.54) is 6.92 Å². The van der Waals surface area contributed by atoms with Crippen LogP contribution in [0.5, 0.6) is 0 Å². The molecule has 0 radical (unpaired) electrons. The van der Waals surface area contributed by atoms with Crippen molar-refractivity contribution in [3.63, 3.8) is 0 Å². The number of carbonyl (C=O) groups is 1. The summed E-state index contributed by atoms with van der Waals surface area (Å²) in [5.74, 6) is -0.202. The largest absolute Gasteiger partial charge is 1.00 e. The molecule has 1 aromatic rings. The summed E-state index contributed by atoms with van der Waals surface area (Å²) in [5.41, 5.74) is 0. The van der Waals surface area contributed by atoms with Crippen molar-refractivity contribution in [2.45, 2.75) is 26.1 Å². The maximum Gasteiger partial charge on any atom is 0.303 e. The number of esters is 1. The predicted octanol–water partition coefficient (Wildman–Crippen LogP) is -3.28. The van der Waals surface area contributed by atoms with Crippen molar-refractivity contribution in [2.24, 2.45) is 0 Å². The molecule has 13 heavy (non-hydrogen) atoms. The Kier molecular flexibility index (Phi) is 3.08. The Morgan fingerprint density at radius 3 is 3.08 bits per heavy atom. The van der Waals surface area contributed by atoms with Gasteiger partial charge in [0, 0.05) is 13.0 Å². The van der Waals surface area contributed by atoms with Gasteiger partial charge in [-0.15, -0.1) is 4.68 Å². The average Bonchev–Trinajstić information content (AvgIpc) is 2.43. The topological polar surface area (TPSA) is 35.1 Å². The Morgan fingerprint density at radius 1 is 1.69 bits per heavy atom. The zero-order valence-electron chi connectivity index (χ0n) is 7.31. The molecule has 0 spiro atoms. The van der Waals surface area contributed by atoms with Crippen molar-refractivity contribution in [3.8, 4) is 0 Å². The van der Waals surface area contributed by atoms with Crippen molar-refractivity contribution in [1.29, 1.82) is 0 Å². The molecular weight excluding hydrogens is 236 g/mol. The fourth-order valence-corrected chi connectivity index (χ4v) is 1.52. The molecule has 1 aromatic heterocycles. The molecule has 5 heteroatoms. The van der Waals surface area contributed by atoms with Crippen molar-refractivity contribution in [1.82, 2.24) is 4.68 Å². The highest BCUT2D eigenvalue weighted by atomic mass is 79.9. The summed E-state index contributed by atoms with van der Waals surface area (Å²) >= 11 is 0. The van der Waals surface area contributed by atoms with Gasteiger partial charge in [-0.25, -0.2) is 0 Å². The zero-order valence-corrected chi connectivity index (χ0v) is 8.90. The van der Waals surface area contributed by atoms with Gasteiger partial charge in [-0.05, 0) is 0 Å². The highest BCUT2D eigenvalue weighted by Gasteiger charge is 2.29. The lowest BCUT2D eigenvalue weighted by molar-refractivity contribution is -0.760. The van der Waals surface area contributed by atoms with Crippen LogP contribution in [-0.2, 0) is 22.6 Å². The van der Waals surface area contributed by atoms with E-state index < -0.39 is 0 Å². The van der Waals surface area contributed by atoms with E-state index in [2.05, 4.69) is 0 Å². The normalized spacial score (nSPS) is 19.0. The van der Waals surface area contributed by atoms with Crippen LogP contribution in [-0.4, -0.2) is 16.8 Å². The molecule has 0 fully saturated rings. The third kappa shape index (κ3) is 2.09. The molecule has 0 saturated carbocycles. The number of nitrogens with zero attached hydrogens (tertiary/aromatic N) is 2. The summed E-state index contributed by atoms with van der Waals surface area (Å²) in [4.78, 5) is 10.6. The van der Waals surface area contributed by atoms with Gasteiger partial charge in [-0.2, -0.15) is 4.68 Å². The molecule has 0 atom stereocenters. The first-order valence-electron chi connectivity index (χ1n) is 3.98. The Bertz CT molecular complexity index is 290. The maximum atomic E-state index is 10.6. The van der Waals surface area contributed by atoms with E-state index in [-0.39, 0.29) is 29.1 Å². The zero-order chi connectivity index (χ0) is 8.55. The van der Waals surface area contributed by atoms with Gasteiger partial charge in [-0.1, -0.05) is 0 Å². The molecule has 0 unspecified atom stereocenters. The molecule has 0 N–H and O–H groups in total. The van der Waals surface area contributed by atoms with E-state index >= 15 is 0 Å². The summed E-state index contributed by atoms with van der Waals surface area (Å²) in [6.07, 6.45) is 3.97. The fraction of sp³-hybridized carbons (Fsp3) is 0.500. The average molecular weight is 247 g/mol. The third-order valence-corrected chi connectivity index (χ3v) is 1.96. The summed E-state index contributed by atoms with van der Waals surface area (Å²) < 4.78 is 9.14. The van der Waals surface area contributed by atoms with Crippen LogP contribution in [0.25, 0.3) is 0 Å². The summed E-state index contributed by atoms with van der Waals surface area (Å²) in [6.45, 7) is 2.98. The first kappa shape index (κ1) is 10.2. The number of rotatable bonds is 1. The highest BCUT2D eigenvalue weighted by molar-refractivity contribution is 5.66. The van der Waals surface area contributed by atoms with Gasteiger partial charge in [0.25, 0.3) is 0 Å². The summed E-state index contributed by atoms with van der Waals surface area (Å²) in [5, 5.41) is 0. The number of carbonyl (C=O) groups excluding carboxylic acids is 1. The quantitative estimate of drug-likeness (QED) is 0.385. The second-order valence-electron chi connectivity index (χ2n) is 2.97. The number of hydrogen-bond acceptors (Lipinski definition) is 2. The molecule has 72 valence electrons. The Hall–Kier alpha value is -0.840. The van der Waals surface area contributed by atoms with Crippen molar-refractivity contribution in [2.75, 3.05) is 0 Å². The van der Waals surface area contributed by atoms with Crippen LogP contribution in [0, 0.1) is 0 Å². The standard InChI is InChI=1S/C8H11N2O2.BrH/c1-7(11)12-8-5-9-3-2-4-10(9)6-8;/h2-4,8H,5-6H2,1H3;1H/q+1;/p-1. The second kappa shape index (κ2) is 3.91. The van der Waals surface area contributed by atoms with Gasteiger partial charge < -0.3 is 21.7 Å². The SMILES string of the molecule is CC(=O)OC1Cn2ccc[n+]2C1.[Br-]. The summed E-state index contributed by atoms with van der Waals surface area (Å²) in [6, 6.07) is 1.98. The number of fused-ring (bicyclic) bond motifs is 1. The fourth-order valence-electron chi connectivity index (χ4n) is 1.52. The lowest BCUT2D eigenvalue weighted by Gasteiger charge is -2.03. The lowest BCUT2D eigenvalue weighted by Crippen LogP contribution is -3.00. The van der Waals surface area contributed by atoms with Gasteiger partial charge >= 0.3 is 5.97 Å². The van der Waals surface area contributed by atoms with Crippen LogP contribution in [0.15, 0.2) is 18.5 Å². The number of ether oxygens (including phenoxy) is 1. The molecule has 1 aliphatic rings. The second-order valence-corrected chi connectivity index (χ2v) is 2.97. The van der Waals surface area contributed by atoms with Gasteiger partial charge in [-0.3, -0.25) is 4.79 Å². The first-order valence-corrected chi connectivity index (χ1v) is 3.98. The molecule has 0 bridgehead atoms. The molecule has 0 aliphatic carbocycles. The monoisotopic (exact) mass is 246 g/mol. The molecule has 0 amide bonds. The van der Waals surface area contributed by atoms with Gasteiger partial charge in [0.1, 0.15) is 6.54 Å². The van der Waals surface area contributed by atoms with Gasteiger partial charge in [0.15, 0.2) is 12.3 Å². The van der Waals surface area contributed by atoms with Crippen LogP contribution in [0.3, 0.4) is 0 Å². The minimum atomic E-state index is -0.202. The van der Waals surface area contributed by atoms with E-state index in [9.17, 15) is 4.79 Å². The molecule has 4 nitrogen and oxygen atoms in total. The van der Waals surface area contributed by atoms with Crippen molar-refractivity contribution < 1.29 is 31.2 Å². The third-order valence-electron chi connectivity index (χ3n) is 1.96. The summed E-state index contributed by atoms with van der Waals surface area (Å²) in [7, 11) is 0. The van der Waals surface area contributed by atoms with E-state index in [4.69, 9.17) is 4.74 Å². The molecule has 1 aliphatic heterocycles. The Morgan fingerprint density at radius 2 is 2.46 bits per heavy atom. The van der Waals surface area contributed by atoms with Gasteiger partial charge in [0.2, 0.25) is 6.54 Å². The van der Waals surface area contributed by atoms with Crippen LogP contribution in [0.4, 0.5) is 0 Å². The van der Waals surface area contributed by atoms with E-state index in [0.717, 1.165) is 13.1 Å². The molecular formula is C8H11BrN2O2. The highest BCUT2D eigenvalue weighted by Crippen LogP contribution is 2.03. The molecule has 0 saturated heterocycles. The van der Waals surface area contributed by atoms with E-state index in [1.54, 1.807) is 0 Å². The van der Waals surface area contributed by atoms with Gasteiger partial charge in [0.05, 0.1) is 6.20 Å². The van der Waals surface area contributed by atoms with Crippen LogP contribution in [0.1, 0.15) is 6.92 Å². The van der Waals surface area contributed by atoms with Crippen molar-refractivity contribution in [3.05, 3.63) is 18.5 Å². The molecule has 0 aromatic carbocycles. The van der Waals surface area contributed by atoms with Crippen LogP contribution >= 0.6 is 0 Å². The minimum Gasteiger partial charge on any atom is -1.00 e. The molecule has 2 heterocycles.